The van der Waals surface area contributed by atoms with Crippen LogP contribution in [0.2, 0.25) is 0 Å². The molecular weight excluding hydrogens is 292 g/mol. The maximum Gasteiger partial charge on any atom is 0.264 e. The molecule has 0 radical (unpaired) electrons. The van der Waals surface area contributed by atoms with Gasteiger partial charge in [0.2, 0.25) is 11.8 Å². The Bertz CT molecular complexity index is 570. The standard InChI is InChI=1S/C14H20N2O4S/c1-2-11-15-13(17)9-6-10-14(18)16-21(19,20)12-7-4-3-5-8-12/h3-5,7-8H,2,6,9-11H2,1H3,(H,15,17)(H,16,18). The summed E-state index contributed by atoms with van der Waals surface area (Å²) in [6.07, 6.45) is 1.36. The van der Waals surface area contributed by atoms with E-state index >= 15 is 0 Å². The van der Waals surface area contributed by atoms with Gasteiger partial charge in [-0.15, -0.1) is 0 Å². The van der Waals surface area contributed by atoms with Gasteiger partial charge in [0.05, 0.1) is 4.90 Å². The van der Waals surface area contributed by atoms with E-state index in [0.717, 1.165) is 6.42 Å². The molecule has 0 aromatic heterocycles. The molecule has 1 aromatic rings. The number of amides is 2. The van der Waals surface area contributed by atoms with Gasteiger partial charge in [-0.3, -0.25) is 9.59 Å². The fraction of sp³-hybridized carbons (Fsp3) is 0.429. The summed E-state index contributed by atoms with van der Waals surface area (Å²) >= 11 is 0. The molecule has 0 saturated carbocycles. The lowest BCUT2D eigenvalue weighted by Gasteiger charge is -2.07. The maximum absolute atomic E-state index is 11.9. The van der Waals surface area contributed by atoms with Gasteiger partial charge in [0, 0.05) is 19.4 Å². The van der Waals surface area contributed by atoms with E-state index in [2.05, 4.69) is 5.32 Å². The van der Waals surface area contributed by atoms with Crippen molar-refractivity contribution in [3.63, 3.8) is 0 Å². The fourth-order valence-electron chi connectivity index (χ4n) is 1.62. The zero-order valence-corrected chi connectivity index (χ0v) is 12.8. The lowest BCUT2D eigenvalue weighted by atomic mass is 10.2. The fourth-order valence-corrected chi connectivity index (χ4v) is 2.66. The molecule has 0 heterocycles. The minimum Gasteiger partial charge on any atom is -0.356 e. The number of nitrogens with one attached hydrogen (secondary N) is 2. The number of carbonyl (C=O) groups is 2. The molecule has 2 N–H and O–H groups in total. The van der Waals surface area contributed by atoms with E-state index in [1.165, 1.54) is 12.1 Å². The van der Waals surface area contributed by atoms with Crippen molar-refractivity contribution in [3.8, 4) is 0 Å². The van der Waals surface area contributed by atoms with Crippen molar-refractivity contribution in [3.05, 3.63) is 30.3 Å². The van der Waals surface area contributed by atoms with Crippen LogP contribution in [-0.2, 0) is 19.6 Å². The molecule has 0 aliphatic heterocycles. The summed E-state index contributed by atoms with van der Waals surface area (Å²) in [5.74, 6) is -0.738. The summed E-state index contributed by atoms with van der Waals surface area (Å²) in [5, 5.41) is 2.69. The molecule has 0 fully saturated rings. The number of sulfonamides is 1. The monoisotopic (exact) mass is 312 g/mol. The van der Waals surface area contributed by atoms with Gasteiger partial charge >= 0.3 is 0 Å². The number of benzene rings is 1. The average molecular weight is 312 g/mol. The summed E-state index contributed by atoms with van der Waals surface area (Å²) in [7, 11) is -3.82. The Hall–Kier alpha value is -1.89. The van der Waals surface area contributed by atoms with Crippen LogP contribution in [0, 0.1) is 0 Å². The molecule has 0 unspecified atom stereocenters. The third-order valence-electron chi connectivity index (χ3n) is 2.68. The first-order chi connectivity index (χ1) is 9.95. The SMILES string of the molecule is CCCNC(=O)CCCC(=O)NS(=O)(=O)c1ccccc1. The van der Waals surface area contributed by atoms with Gasteiger partial charge in [-0.25, -0.2) is 13.1 Å². The van der Waals surface area contributed by atoms with E-state index < -0.39 is 15.9 Å². The molecule has 2 amide bonds. The third kappa shape index (κ3) is 6.40. The first-order valence-corrected chi connectivity index (χ1v) is 8.31. The molecule has 7 heteroatoms. The molecule has 0 spiro atoms. The predicted molar refractivity (Wildman–Crippen MR) is 78.9 cm³/mol. The molecular formula is C14H20N2O4S. The van der Waals surface area contributed by atoms with Crippen molar-refractivity contribution in [1.29, 1.82) is 0 Å². The van der Waals surface area contributed by atoms with Crippen LogP contribution in [0.1, 0.15) is 32.6 Å². The van der Waals surface area contributed by atoms with Crippen LogP contribution >= 0.6 is 0 Å². The Morgan fingerprint density at radius 2 is 1.67 bits per heavy atom. The van der Waals surface area contributed by atoms with Crippen molar-refractivity contribution in [2.75, 3.05) is 6.54 Å². The van der Waals surface area contributed by atoms with Gasteiger partial charge in [-0.05, 0) is 25.0 Å². The van der Waals surface area contributed by atoms with Crippen molar-refractivity contribution in [1.82, 2.24) is 10.0 Å². The average Bonchev–Trinajstić information content (AvgIpc) is 2.45. The number of carbonyl (C=O) groups excluding carboxylic acids is 2. The van der Waals surface area contributed by atoms with Crippen LogP contribution in [-0.4, -0.2) is 26.8 Å². The molecule has 0 saturated heterocycles. The molecule has 0 atom stereocenters. The second-order valence-electron chi connectivity index (χ2n) is 4.55. The predicted octanol–water partition coefficient (Wildman–Crippen LogP) is 1.19. The second kappa shape index (κ2) is 8.41. The number of hydrogen-bond donors (Lipinski definition) is 2. The number of hydrogen-bond acceptors (Lipinski definition) is 4. The second-order valence-corrected chi connectivity index (χ2v) is 6.23. The minimum atomic E-state index is -3.82. The Labute approximate surface area is 125 Å². The molecule has 0 aliphatic carbocycles. The third-order valence-corrected chi connectivity index (χ3v) is 4.07. The summed E-state index contributed by atoms with van der Waals surface area (Å²) < 4.78 is 25.7. The van der Waals surface area contributed by atoms with Crippen LogP contribution in [0.4, 0.5) is 0 Å². The lowest BCUT2D eigenvalue weighted by Crippen LogP contribution is -2.30. The van der Waals surface area contributed by atoms with Gasteiger partial charge < -0.3 is 5.32 Å². The minimum absolute atomic E-state index is 0.00832. The quantitative estimate of drug-likeness (QED) is 0.754. The van der Waals surface area contributed by atoms with Crippen molar-refractivity contribution >= 4 is 21.8 Å². The van der Waals surface area contributed by atoms with E-state index in [4.69, 9.17) is 0 Å². The zero-order valence-electron chi connectivity index (χ0n) is 12.0. The Morgan fingerprint density at radius 1 is 1.05 bits per heavy atom. The maximum atomic E-state index is 11.9. The van der Waals surface area contributed by atoms with Gasteiger partial charge in [-0.1, -0.05) is 25.1 Å². The Balaban J connectivity index is 2.39. The highest BCUT2D eigenvalue weighted by atomic mass is 32.2. The van der Waals surface area contributed by atoms with Gasteiger partial charge in [0.1, 0.15) is 0 Å². The van der Waals surface area contributed by atoms with Crippen LogP contribution in [0.5, 0.6) is 0 Å². The molecule has 1 aromatic carbocycles. The van der Waals surface area contributed by atoms with Crippen LogP contribution < -0.4 is 10.0 Å². The molecule has 6 nitrogen and oxygen atoms in total. The molecule has 0 aliphatic rings. The molecule has 1 rings (SSSR count). The summed E-state index contributed by atoms with van der Waals surface area (Å²) in [5.41, 5.74) is 0. The van der Waals surface area contributed by atoms with E-state index in [-0.39, 0.29) is 23.6 Å². The summed E-state index contributed by atoms with van der Waals surface area (Å²) in [4.78, 5) is 23.0. The van der Waals surface area contributed by atoms with Crippen LogP contribution in [0.3, 0.4) is 0 Å². The molecule has 21 heavy (non-hydrogen) atoms. The lowest BCUT2D eigenvalue weighted by molar-refractivity contribution is -0.121. The van der Waals surface area contributed by atoms with E-state index in [1.54, 1.807) is 18.2 Å². The first kappa shape index (κ1) is 17.2. The number of rotatable bonds is 8. The zero-order chi connectivity index (χ0) is 15.7. The molecule has 0 bridgehead atoms. The van der Waals surface area contributed by atoms with Crippen molar-refractivity contribution in [2.45, 2.75) is 37.5 Å². The van der Waals surface area contributed by atoms with Crippen molar-refractivity contribution < 1.29 is 18.0 Å². The van der Waals surface area contributed by atoms with Gasteiger partial charge in [0.15, 0.2) is 0 Å². The van der Waals surface area contributed by atoms with Crippen LogP contribution in [0.25, 0.3) is 0 Å². The Morgan fingerprint density at radius 3 is 2.29 bits per heavy atom. The van der Waals surface area contributed by atoms with Crippen molar-refractivity contribution in [2.24, 2.45) is 0 Å². The largest absolute Gasteiger partial charge is 0.356 e. The van der Waals surface area contributed by atoms with Gasteiger partial charge in [0.25, 0.3) is 10.0 Å². The smallest absolute Gasteiger partial charge is 0.264 e. The highest BCUT2D eigenvalue weighted by molar-refractivity contribution is 7.90. The van der Waals surface area contributed by atoms with E-state index in [9.17, 15) is 18.0 Å². The molecule has 116 valence electrons. The summed E-state index contributed by atoms with van der Waals surface area (Å²) in [6.45, 7) is 2.55. The first-order valence-electron chi connectivity index (χ1n) is 6.83. The van der Waals surface area contributed by atoms with Crippen LogP contribution in [0.15, 0.2) is 35.2 Å². The van der Waals surface area contributed by atoms with Gasteiger partial charge in [-0.2, -0.15) is 0 Å². The topological polar surface area (TPSA) is 92.3 Å². The highest BCUT2D eigenvalue weighted by Crippen LogP contribution is 2.07. The summed E-state index contributed by atoms with van der Waals surface area (Å²) in [6, 6.07) is 7.67. The van der Waals surface area contributed by atoms with E-state index in [0.29, 0.717) is 13.0 Å². The van der Waals surface area contributed by atoms with E-state index in [1.807, 2.05) is 11.6 Å². The highest BCUT2D eigenvalue weighted by Gasteiger charge is 2.16. The Kier molecular flexibility index (Phi) is 6.87. The normalized spacial score (nSPS) is 10.9.